The van der Waals surface area contributed by atoms with Crippen molar-refractivity contribution in [3.05, 3.63) is 57.3 Å². The molecular weight excluding hydrogens is 594 g/mol. The highest BCUT2D eigenvalue weighted by atomic mass is 79.9. The van der Waals surface area contributed by atoms with Crippen molar-refractivity contribution >= 4 is 26.7 Å². The lowest BCUT2D eigenvalue weighted by atomic mass is 9.78. The average Bonchev–Trinajstić information content (AvgIpc) is 3.66. The molecule has 1 aromatic heterocycles. The predicted octanol–water partition coefficient (Wildman–Crippen LogP) is 7.20. The first-order valence-electron chi connectivity index (χ1n) is 15.5. The van der Waals surface area contributed by atoms with E-state index in [1.807, 2.05) is 0 Å². The highest BCUT2D eigenvalue weighted by Gasteiger charge is 2.44. The van der Waals surface area contributed by atoms with Crippen molar-refractivity contribution in [2.75, 3.05) is 41.1 Å². The summed E-state index contributed by atoms with van der Waals surface area (Å²) in [6.07, 6.45) is 9.50. The molecule has 0 spiro atoms. The van der Waals surface area contributed by atoms with Crippen LogP contribution in [0.25, 0.3) is 10.8 Å². The summed E-state index contributed by atoms with van der Waals surface area (Å²) in [5.74, 6) is 2.89. The van der Waals surface area contributed by atoms with Crippen molar-refractivity contribution in [1.29, 1.82) is 0 Å². The van der Waals surface area contributed by atoms with Gasteiger partial charge >= 0.3 is 6.01 Å². The van der Waals surface area contributed by atoms with Gasteiger partial charge in [-0.25, -0.2) is 0 Å². The van der Waals surface area contributed by atoms with Gasteiger partial charge in [-0.15, -0.1) is 0 Å². The molecule has 3 unspecified atom stereocenters. The number of nitrogens with zero attached hydrogens (tertiary/aromatic N) is 3. The standard InChI is InChI=1S/C34H42BrN3O4/c1-38(2)18-34(9-10-34)19-41-33-36-29-16-30(26-15-25(42-20-39-3)14-23-5-4-6-28(35)31(23)26)40-17-27(29)32(37-33)24-12-21-7-8-22(11-21)13-24/h4-6,14-15,21-22,24,30H,7-13,16-20H2,1-3H3. The summed E-state index contributed by atoms with van der Waals surface area (Å²) in [5.41, 5.74) is 4.77. The van der Waals surface area contributed by atoms with Crippen LogP contribution in [0.4, 0.5) is 0 Å². The summed E-state index contributed by atoms with van der Waals surface area (Å²) in [6, 6.07) is 11.0. The minimum absolute atomic E-state index is 0.161. The van der Waals surface area contributed by atoms with Crippen molar-refractivity contribution in [1.82, 2.24) is 14.9 Å². The lowest BCUT2D eigenvalue weighted by Gasteiger charge is -2.32. The Morgan fingerprint density at radius 2 is 1.86 bits per heavy atom. The molecule has 3 atom stereocenters. The second kappa shape index (κ2) is 11.7. The molecule has 2 heterocycles. The Kier molecular flexibility index (Phi) is 7.93. The molecule has 3 aliphatic carbocycles. The lowest BCUT2D eigenvalue weighted by molar-refractivity contribution is 0.0242. The summed E-state index contributed by atoms with van der Waals surface area (Å²) in [5, 5.41) is 2.24. The van der Waals surface area contributed by atoms with Crippen molar-refractivity contribution in [2.24, 2.45) is 17.3 Å². The summed E-state index contributed by atoms with van der Waals surface area (Å²) >= 11 is 3.81. The molecule has 3 aromatic rings. The Bertz CT molecular complexity index is 1450. The predicted molar refractivity (Wildman–Crippen MR) is 166 cm³/mol. The molecule has 2 bridgehead atoms. The van der Waals surface area contributed by atoms with Crippen LogP contribution < -0.4 is 9.47 Å². The van der Waals surface area contributed by atoms with Crippen molar-refractivity contribution in [2.45, 2.75) is 70.0 Å². The second-order valence-corrected chi connectivity index (χ2v) is 14.3. The van der Waals surface area contributed by atoms with Gasteiger partial charge in [-0.3, -0.25) is 0 Å². The van der Waals surface area contributed by atoms with Gasteiger partial charge in [0.25, 0.3) is 0 Å². The summed E-state index contributed by atoms with van der Waals surface area (Å²) in [6.45, 7) is 2.43. The molecule has 4 aliphatic rings. The third-order valence-electron chi connectivity index (χ3n) is 9.92. The minimum Gasteiger partial charge on any atom is -0.468 e. The molecule has 0 amide bonds. The Morgan fingerprint density at radius 3 is 2.60 bits per heavy atom. The lowest BCUT2D eigenvalue weighted by Crippen LogP contribution is -2.28. The molecule has 7 nitrogen and oxygen atoms in total. The van der Waals surface area contributed by atoms with Crippen LogP contribution >= 0.6 is 15.9 Å². The molecule has 0 radical (unpaired) electrons. The maximum atomic E-state index is 6.69. The van der Waals surface area contributed by atoms with E-state index in [9.17, 15) is 0 Å². The van der Waals surface area contributed by atoms with Gasteiger partial charge in [-0.2, -0.15) is 9.97 Å². The quantitative estimate of drug-likeness (QED) is 0.218. The van der Waals surface area contributed by atoms with Crippen molar-refractivity contribution in [3.63, 3.8) is 0 Å². The number of fused-ring (bicyclic) bond motifs is 4. The molecule has 3 fully saturated rings. The summed E-state index contributed by atoms with van der Waals surface area (Å²) in [4.78, 5) is 12.5. The van der Waals surface area contributed by atoms with Gasteiger partial charge < -0.3 is 23.8 Å². The maximum absolute atomic E-state index is 6.69. The number of methoxy groups -OCH3 is 1. The highest BCUT2D eigenvalue weighted by Crippen LogP contribution is 2.50. The Balaban J connectivity index is 1.23. The number of hydrogen-bond donors (Lipinski definition) is 0. The van der Waals surface area contributed by atoms with E-state index >= 15 is 0 Å². The largest absolute Gasteiger partial charge is 0.468 e. The average molecular weight is 637 g/mol. The van der Waals surface area contributed by atoms with Crippen LogP contribution in [0.5, 0.6) is 11.8 Å². The van der Waals surface area contributed by atoms with Crippen LogP contribution in [-0.2, 0) is 22.5 Å². The normalized spacial score (nSPS) is 25.9. The molecule has 0 N–H and O–H groups in total. The SMILES string of the molecule is COCOc1cc(C2Cc3nc(OCC4(CN(C)C)CC4)nc(C4CC5CCC(C5)C4)c3CO2)c2c(Br)cccc2c1. The van der Waals surface area contributed by atoms with E-state index in [2.05, 4.69) is 65.3 Å². The molecule has 3 saturated carbocycles. The number of rotatable bonds is 10. The fourth-order valence-corrected chi connectivity index (χ4v) is 8.48. The Labute approximate surface area is 257 Å². The van der Waals surface area contributed by atoms with E-state index < -0.39 is 0 Å². The van der Waals surface area contributed by atoms with E-state index in [0.29, 0.717) is 31.6 Å². The smallest absolute Gasteiger partial charge is 0.316 e. The molecule has 2 aromatic carbocycles. The van der Waals surface area contributed by atoms with Gasteiger partial charge in [-0.1, -0.05) is 40.9 Å². The zero-order valence-electron chi connectivity index (χ0n) is 25.0. The molecule has 7 rings (SSSR count). The first-order chi connectivity index (χ1) is 20.4. The molecule has 42 heavy (non-hydrogen) atoms. The highest BCUT2D eigenvalue weighted by molar-refractivity contribution is 9.10. The summed E-state index contributed by atoms with van der Waals surface area (Å²) < 4.78 is 25.3. The van der Waals surface area contributed by atoms with E-state index in [-0.39, 0.29) is 18.3 Å². The van der Waals surface area contributed by atoms with Gasteiger partial charge in [0.05, 0.1) is 30.7 Å². The first kappa shape index (κ1) is 28.5. The van der Waals surface area contributed by atoms with E-state index in [4.69, 9.17) is 28.9 Å². The van der Waals surface area contributed by atoms with Crippen LogP contribution in [0.3, 0.4) is 0 Å². The van der Waals surface area contributed by atoms with E-state index in [1.165, 1.54) is 56.2 Å². The monoisotopic (exact) mass is 635 g/mol. The molecule has 8 heteroatoms. The fraction of sp³-hybridized carbons (Fsp3) is 0.588. The van der Waals surface area contributed by atoms with Crippen molar-refractivity contribution in [3.8, 4) is 11.8 Å². The van der Waals surface area contributed by atoms with Crippen LogP contribution in [-0.4, -0.2) is 56.0 Å². The number of aromatic nitrogens is 2. The van der Waals surface area contributed by atoms with Gasteiger partial charge in [0.15, 0.2) is 6.79 Å². The third kappa shape index (κ3) is 5.80. The zero-order chi connectivity index (χ0) is 28.8. The topological polar surface area (TPSA) is 65.9 Å². The maximum Gasteiger partial charge on any atom is 0.316 e. The van der Waals surface area contributed by atoms with Crippen molar-refractivity contribution < 1.29 is 18.9 Å². The van der Waals surface area contributed by atoms with Crippen LogP contribution in [0.1, 0.15) is 79.5 Å². The minimum atomic E-state index is -0.161. The zero-order valence-corrected chi connectivity index (χ0v) is 26.6. The van der Waals surface area contributed by atoms with Gasteiger partial charge in [-0.05, 0) is 87.2 Å². The van der Waals surface area contributed by atoms with Gasteiger partial charge in [0.1, 0.15) is 5.75 Å². The number of halogens is 1. The van der Waals surface area contributed by atoms with E-state index in [0.717, 1.165) is 50.6 Å². The fourth-order valence-electron chi connectivity index (χ4n) is 7.87. The first-order valence-corrected chi connectivity index (χ1v) is 16.3. The second-order valence-electron chi connectivity index (χ2n) is 13.5. The molecule has 1 aliphatic heterocycles. The van der Waals surface area contributed by atoms with Gasteiger partial charge in [0, 0.05) is 46.8 Å². The molecule has 0 saturated heterocycles. The third-order valence-corrected chi connectivity index (χ3v) is 10.6. The van der Waals surface area contributed by atoms with Crippen LogP contribution in [0.15, 0.2) is 34.8 Å². The number of benzene rings is 2. The van der Waals surface area contributed by atoms with Crippen LogP contribution in [0.2, 0.25) is 0 Å². The summed E-state index contributed by atoms with van der Waals surface area (Å²) in [7, 11) is 5.92. The number of hydrogen-bond acceptors (Lipinski definition) is 7. The Morgan fingerprint density at radius 1 is 1.05 bits per heavy atom. The van der Waals surface area contributed by atoms with Crippen LogP contribution in [0, 0.1) is 17.3 Å². The molecule has 224 valence electrons. The van der Waals surface area contributed by atoms with E-state index in [1.54, 1.807) is 7.11 Å². The number of ether oxygens (including phenoxy) is 4. The Hall–Kier alpha value is -2.26. The molecular formula is C34H42BrN3O4. The van der Waals surface area contributed by atoms with Gasteiger partial charge in [0.2, 0.25) is 0 Å².